The summed E-state index contributed by atoms with van der Waals surface area (Å²) < 4.78 is 0. The standard InChI is InChI=1S/C16H22N2O2S/c19-14-13-9-21-2-1-17(13)15(20)18(14)16-6-10-3-11(7-16)5-12(4-10)8-16/h10-13H,1-9H2. The molecule has 6 rings (SSSR count). The zero-order valence-electron chi connectivity index (χ0n) is 12.3. The fourth-order valence-corrected chi connectivity index (χ4v) is 7.22. The van der Waals surface area contributed by atoms with E-state index in [4.69, 9.17) is 0 Å². The van der Waals surface area contributed by atoms with Crippen molar-refractivity contribution in [2.75, 3.05) is 18.1 Å². The molecule has 4 bridgehead atoms. The summed E-state index contributed by atoms with van der Waals surface area (Å²) in [6.07, 6.45) is 7.30. The van der Waals surface area contributed by atoms with Gasteiger partial charge in [-0.2, -0.15) is 11.8 Å². The van der Waals surface area contributed by atoms with Gasteiger partial charge >= 0.3 is 6.03 Å². The Labute approximate surface area is 129 Å². The van der Waals surface area contributed by atoms with E-state index >= 15 is 0 Å². The van der Waals surface area contributed by atoms with Gasteiger partial charge in [0.05, 0.1) is 5.54 Å². The van der Waals surface area contributed by atoms with E-state index in [1.165, 1.54) is 19.3 Å². The van der Waals surface area contributed by atoms with Crippen molar-refractivity contribution in [3.8, 4) is 0 Å². The molecule has 0 radical (unpaired) electrons. The molecule has 1 unspecified atom stereocenters. The van der Waals surface area contributed by atoms with E-state index in [9.17, 15) is 9.59 Å². The molecule has 6 fully saturated rings. The van der Waals surface area contributed by atoms with E-state index < -0.39 is 0 Å². The second-order valence-electron chi connectivity index (χ2n) is 7.88. The predicted molar refractivity (Wildman–Crippen MR) is 81.0 cm³/mol. The average molecular weight is 306 g/mol. The van der Waals surface area contributed by atoms with Gasteiger partial charge in [0.1, 0.15) is 6.04 Å². The number of imide groups is 1. The molecule has 114 valence electrons. The molecule has 0 aromatic heterocycles. The highest BCUT2D eigenvalue weighted by atomic mass is 32.2. The minimum absolute atomic E-state index is 0.0345. The van der Waals surface area contributed by atoms with E-state index in [1.807, 2.05) is 16.7 Å². The van der Waals surface area contributed by atoms with E-state index in [0.717, 1.165) is 55.1 Å². The number of nitrogens with zero attached hydrogens (tertiary/aromatic N) is 2. The Morgan fingerprint density at radius 3 is 2.19 bits per heavy atom. The summed E-state index contributed by atoms with van der Waals surface area (Å²) >= 11 is 1.81. The fourth-order valence-electron chi connectivity index (χ4n) is 6.18. The predicted octanol–water partition coefficient (Wildman–Crippen LogP) is 2.33. The van der Waals surface area contributed by atoms with Crippen LogP contribution in [0.2, 0.25) is 0 Å². The number of amides is 3. The Morgan fingerprint density at radius 2 is 1.62 bits per heavy atom. The molecular formula is C16H22N2O2S. The van der Waals surface area contributed by atoms with Crippen LogP contribution < -0.4 is 0 Å². The second-order valence-corrected chi connectivity index (χ2v) is 9.03. The minimum atomic E-state index is -0.163. The lowest BCUT2D eigenvalue weighted by atomic mass is 9.52. The number of hydrogen-bond acceptors (Lipinski definition) is 3. The molecule has 21 heavy (non-hydrogen) atoms. The van der Waals surface area contributed by atoms with Crippen LogP contribution in [0, 0.1) is 17.8 Å². The van der Waals surface area contributed by atoms with Crippen LogP contribution in [-0.4, -0.2) is 51.4 Å². The summed E-state index contributed by atoms with van der Waals surface area (Å²) in [7, 11) is 0. The highest BCUT2D eigenvalue weighted by molar-refractivity contribution is 7.99. The first-order valence-corrected chi connectivity index (χ1v) is 9.54. The summed E-state index contributed by atoms with van der Waals surface area (Å²) in [6, 6.07) is -0.128. The number of hydrogen-bond donors (Lipinski definition) is 0. The fraction of sp³-hybridized carbons (Fsp3) is 0.875. The van der Waals surface area contributed by atoms with Crippen molar-refractivity contribution in [2.24, 2.45) is 17.8 Å². The van der Waals surface area contributed by atoms with Gasteiger partial charge in [-0.1, -0.05) is 0 Å². The van der Waals surface area contributed by atoms with Gasteiger partial charge in [0.15, 0.2) is 0 Å². The Hall–Kier alpha value is -0.710. The first kappa shape index (κ1) is 12.8. The summed E-state index contributed by atoms with van der Waals surface area (Å²) in [5.74, 6) is 4.20. The number of rotatable bonds is 1. The summed E-state index contributed by atoms with van der Waals surface area (Å²) in [5, 5.41) is 0. The molecule has 2 aliphatic heterocycles. The third-order valence-corrected chi connectivity index (χ3v) is 7.57. The molecule has 3 amide bonds. The maximum Gasteiger partial charge on any atom is 0.328 e. The molecule has 2 saturated heterocycles. The molecule has 4 saturated carbocycles. The van der Waals surface area contributed by atoms with Crippen molar-refractivity contribution >= 4 is 23.7 Å². The number of carbonyl (C=O) groups is 2. The normalized spacial score (nSPS) is 48.2. The monoisotopic (exact) mass is 306 g/mol. The number of urea groups is 1. The van der Waals surface area contributed by atoms with Gasteiger partial charge < -0.3 is 4.90 Å². The van der Waals surface area contributed by atoms with Gasteiger partial charge in [-0.3, -0.25) is 9.69 Å². The Balaban J connectivity index is 1.52. The third-order valence-electron chi connectivity index (χ3n) is 6.55. The quantitative estimate of drug-likeness (QED) is 0.698. The van der Waals surface area contributed by atoms with Crippen molar-refractivity contribution < 1.29 is 9.59 Å². The maximum absolute atomic E-state index is 12.9. The molecule has 4 aliphatic carbocycles. The van der Waals surface area contributed by atoms with E-state index in [0.29, 0.717) is 0 Å². The SMILES string of the molecule is O=C1C2CSCCN2C(=O)N1C12CC3CC(CC(C3)C1)C2. The van der Waals surface area contributed by atoms with E-state index in [1.54, 1.807) is 4.90 Å². The average Bonchev–Trinajstić information content (AvgIpc) is 2.70. The Kier molecular flexibility index (Phi) is 2.55. The third kappa shape index (κ3) is 1.64. The molecule has 4 nitrogen and oxygen atoms in total. The maximum atomic E-state index is 12.9. The van der Waals surface area contributed by atoms with Gasteiger partial charge in [-0.15, -0.1) is 0 Å². The van der Waals surface area contributed by atoms with E-state index in [-0.39, 0.29) is 23.5 Å². The molecular weight excluding hydrogens is 284 g/mol. The molecule has 0 spiro atoms. The topological polar surface area (TPSA) is 40.6 Å². The molecule has 0 aromatic carbocycles. The molecule has 2 heterocycles. The zero-order chi connectivity index (χ0) is 14.2. The van der Waals surface area contributed by atoms with Gasteiger partial charge in [0, 0.05) is 18.1 Å². The lowest BCUT2D eigenvalue weighted by molar-refractivity contribution is -0.140. The van der Waals surface area contributed by atoms with Crippen LogP contribution >= 0.6 is 11.8 Å². The van der Waals surface area contributed by atoms with Crippen LogP contribution in [0.25, 0.3) is 0 Å². The molecule has 1 atom stereocenters. The lowest BCUT2D eigenvalue weighted by Gasteiger charge is -2.58. The number of thioether (sulfide) groups is 1. The highest BCUT2D eigenvalue weighted by Gasteiger charge is 2.60. The van der Waals surface area contributed by atoms with Crippen molar-refractivity contribution in [3.63, 3.8) is 0 Å². The zero-order valence-corrected chi connectivity index (χ0v) is 13.1. The molecule has 6 aliphatic rings. The van der Waals surface area contributed by atoms with Gasteiger partial charge in [0.2, 0.25) is 0 Å². The highest BCUT2D eigenvalue weighted by Crippen LogP contribution is 2.58. The van der Waals surface area contributed by atoms with Crippen molar-refractivity contribution in [1.29, 1.82) is 0 Å². The van der Waals surface area contributed by atoms with Crippen LogP contribution in [0.1, 0.15) is 38.5 Å². The first-order valence-electron chi connectivity index (χ1n) is 8.39. The smallest absolute Gasteiger partial charge is 0.311 e. The Bertz CT molecular complexity index is 461. The van der Waals surface area contributed by atoms with Gasteiger partial charge in [-0.25, -0.2) is 4.79 Å². The van der Waals surface area contributed by atoms with Gasteiger partial charge in [-0.05, 0) is 56.3 Å². The van der Waals surface area contributed by atoms with Crippen LogP contribution in [0.3, 0.4) is 0 Å². The summed E-state index contributed by atoms with van der Waals surface area (Å²) in [4.78, 5) is 29.4. The van der Waals surface area contributed by atoms with Gasteiger partial charge in [0.25, 0.3) is 5.91 Å². The van der Waals surface area contributed by atoms with E-state index in [2.05, 4.69) is 0 Å². The van der Waals surface area contributed by atoms with Crippen LogP contribution in [0.5, 0.6) is 0 Å². The molecule has 5 heteroatoms. The largest absolute Gasteiger partial charge is 0.328 e. The van der Waals surface area contributed by atoms with Crippen LogP contribution in [0.4, 0.5) is 4.79 Å². The van der Waals surface area contributed by atoms with Crippen LogP contribution in [-0.2, 0) is 4.79 Å². The summed E-state index contributed by atoms with van der Waals surface area (Å²) in [5.41, 5.74) is -0.106. The second kappa shape index (κ2) is 4.18. The van der Waals surface area contributed by atoms with Crippen LogP contribution in [0.15, 0.2) is 0 Å². The number of carbonyl (C=O) groups excluding carboxylic acids is 2. The lowest BCUT2D eigenvalue weighted by Crippen LogP contribution is -2.62. The minimum Gasteiger partial charge on any atom is -0.311 e. The number of fused-ring (bicyclic) bond motifs is 1. The van der Waals surface area contributed by atoms with Crippen molar-refractivity contribution in [3.05, 3.63) is 0 Å². The van der Waals surface area contributed by atoms with Crippen molar-refractivity contribution in [2.45, 2.75) is 50.1 Å². The Morgan fingerprint density at radius 1 is 1.00 bits per heavy atom. The molecule has 0 N–H and O–H groups in total. The molecule has 0 aromatic rings. The van der Waals surface area contributed by atoms with Crippen molar-refractivity contribution in [1.82, 2.24) is 9.80 Å². The first-order chi connectivity index (χ1) is 10.2. The summed E-state index contributed by atoms with van der Waals surface area (Å²) in [6.45, 7) is 0.753.